The van der Waals surface area contributed by atoms with Gasteiger partial charge < -0.3 is 40.5 Å². The van der Waals surface area contributed by atoms with Gasteiger partial charge in [-0.25, -0.2) is 0 Å². The highest BCUT2D eigenvalue weighted by Gasteiger charge is 2.62. The van der Waals surface area contributed by atoms with Crippen molar-refractivity contribution < 1.29 is 44.3 Å². The van der Waals surface area contributed by atoms with Gasteiger partial charge in [-0.3, -0.25) is 14.4 Å². The van der Waals surface area contributed by atoms with E-state index in [2.05, 4.69) is 0 Å². The van der Waals surface area contributed by atoms with Gasteiger partial charge in [-0.1, -0.05) is 6.07 Å². The van der Waals surface area contributed by atoms with Gasteiger partial charge in [0.1, 0.15) is 17.4 Å². The van der Waals surface area contributed by atoms with Crippen LogP contribution in [0.2, 0.25) is 0 Å². The molecule has 6 N–H and O–H groups in total. The third-order valence-corrected chi connectivity index (χ3v) is 8.53. The smallest absolute Gasteiger partial charge is 0.231 e. The number of phenols is 1. The number of nitrogens with zero attached hydrogens (tertiary/aromatic N) is 1. The minimum Gasteiger partial charge on any atom is -0.508 e. The number of fused-ring (bicyclic) bond motifs is 4. The number of carbonyl (C=O) groups is 3. The van der Waals surface area contributed by atoms with E-state index >= 15 is 0 Å². The van der Waals surface area contributed by atoms with Gasteiger partial charge in [0.05, 0.1) is 11.7 Å². The average molecular weight is 537 g/mol. The monoisotopic (exact) mass is 536 g/mol. The molecule has 0 radical (unpaired) electrons. The zero-order chi connectivity index (χ0) is 28.0. The molecule has 4 aliphatic rings. The highest BCUT2D eigenvalue weighted by Crippen LogP contribution is 2.54. The molecule has 1 heterocycles. The Balaban J connectivity index is 1.53. The summed E-state index contributed by atoms with van der Waals surface area (Å²) in [6.45, 7) is 0.0709. The lowest BCUT2D eigenvalue weighted by molar-refractivity contribution is -0.167. The van der Waals surface area contributed by atoms with E-state index in [-0.39, 0.29) is 42.9 Å². The Morgan fingerprint density at radius 2 is 1.82 bits per heavy atom. The second-order valence-electron chi connectivity index (χ2n) is 10.8. The van der Waals surface area contributed by atoms with Crippen LogP contribution in [-0.2, 0) is 16.0 Å². The van der Waals surface area contributed by atoms with Crippen molar-refractivity contribution in [2.24, 2.45) is 23.5 Å². The molecule has 11 nitrogen and oxygen atoms in total. The number of amides is 1. The fraction of sp³-hybridized carbons (Fsp3) is 0.393. The molecule has 3 aliphatic carbocycles. The van der Waals surface area contributed by atoms with E-state index in [1.54, 1.807) is 24.3 Å². The SMILES string of the molecule is CN(C)c1cc(-c2ccc3c(c2)OCO3)c(O)c2c1C[C@H]1C[C@H]3CC(O)C(C(N)=O)C(=O)[C@@]3(O)C(O)=C1C2=O. The molecular formula is C28H28N2O9. The predicted octanol–water partition coefficient (Wildman–Crippen LogP) is 1.21. The first-order chi connectivity index (χ1) is 18.4. The van der Waals surface area contributed by atoms with Crippen molar-refractivity contribution >= 4 is 23.2 Å². The quantitative estimate of drug-likeness (QED) is 0.358. The van der Waals surface area contributed by atoms with Crippen LogP contribution >= 0.6 is 0 Å². The Labute approximate surface area is 223 Å². The van der Waals surface area contributed by atoms with Gasteiger partial charge in [0, 0.05) is 36.8 Å². The summed E-state index contributed by atoms with van der Waals surface area (Å²) < 4.78 is 10.8. The number of carbonyl (C=O) groups excluding carboxylic acids is 3. The number of allylic oxidation sites excluding steroid dienone is 1. The minimum atomic E-state index is -2.55. The molecule has 2 aromatic rings. The molecule has 2 unspecified atom stereocenters. The maximum absolute atomic E-state index is 14.0. The van der Waals surface area contributed by atoms with E-state index in [1.165, 1.54) is 0 Å². The van der Waals surface area contributed by atoms with Crippen LogP contribution in [0.5, 0.6) is 17.2 Å². The number of aliphatic hydroxyl groups excluding tert-OH is 2. The second kappa shape index (κ2) is 8.45. The number of rotatable bonds is 3. The molecule has 1 aliphatic heterocycles. The number of nitrogens with two attached hydrogens (primary N) is 1. The summed E-state index contributed by atoms with van der Waals surface area (Å²) >= 11 is 0. The van der Waals surface area contributed by atoms with Crippen LogP contribution < -0.4 is 20.1 Å². The minimum absolute atomic E-state index is 0.0385. The van der Waals surface area contributed by atoms with Crippen molar-refractivity contribution in [3.8, 4) is 28.4 Å². The van der Waals surface area contributed by atoms with Gasteiger partial charge in [-0.05, 0) is 54.5 Å². The Bertz CT molecular complexity index is 1500. The number of primary amides is 1. The lowest BCUT2D eigenvalue weighted by Gasteiger charge is -2.48. The van der Waals surface area contributed by atoms with Gasteiger partial charge in [-0.15, -0.1) is 0 Å². The molecule has 5 atom stereocenters. The summed E-state index contributed by atoms with van der Waals surface area (Å²) in [5.74, 6) is -6.32. The summed E-state index contributed by atoms with van der Waals surface area (Å²) in [7, 11) is 3.62. The normalized spacial score (nSPS) is 29.0. The van der Waals surface area contributed by atoms with Gasteiger partial charge in [0.25, 0.3) is 0 Å². The number of hydrogen-bond donors (Lipinski definition) is 5. The van der Waals surface area contributed by atoms with Crippen LogP contribution in [0.4, 0.5) is 5.69 Å². The molecule has 39 heavy (non-hydrogen) atoms. The molecule has 0 bridgehead atoms. The van der Waals surface area contributed by atoms with Crippen molar-refractivity contribution in [3.05, 3.63) is 46.7 Å². The van der Waals surface area contributed by atoms with E-state index in [0.29, 0.717) is 33.9 Å². The van der Waals surface area contributed by atoms with Crippen molar-refractivity contribution in [3.63, 3.8) is 0 Å². The molecule has 204 valence electrons. The third-order valence-electron chi connectivity index (χ3n) is 8.53. The van der Waals surface area contributed by atoms with Gasteiger partial charge in [-0.2, -0.15) is 0 Å². The number of aliphatic hydroxyl groups is 3. The van der Waals surface area contributed by atoms with Gasteiger partial charge in [0.2, 0.25) is 12.7 Å². The maximum atomic E-state index is 14.0. The highest BCUT2D eigenvalue weighted by atomic mass is 16.7. The lowest BCUT2D eigenvalue weighted by Crippen LogP contribution is -2.63. The zero-order valence-electron chi connectivity index (χ0n) is 21.3. The zero-order valence-corrected chi connectivity index (χ0v) is 21.3. The number of Topliss-reactive ketones (excluding diaryl/α,β-unsaturated/α-hetero) is 2. The standard InChI is InChI=1S/C28H28N2O9/c1-30(2)16-9-14(11-3-4-18-19(7-11)39-10-38-18)23(32)21-15(16)6-12-5-13-8-17(31)22(27(29)36)26(35)28(13,37)25(34)20(12)24(21)33/h3-4,7,9,12-13,17,22,31-32,34,37H,5-6,8,10H2,1-2H3,(H2,29,36)/t12-,13+,17?,22?,28+/m1/s1. The molecule has 11 heteroatoms. The van der Waals surface area contributed by atoms with E-state index < -0.39 is 52.7 Å². The van der Waals surface area contributed by atoms with E-state index in [0.717, 1.165) is 0 Å². The molecule has 0 saturated heterocycles. The summed E-state index contributed by atoms with van der Waals surface area (Å²) in [5, 5.41) is 44.7. The van der Waals surface area contributed by atoms with Crippen LogP contribution in [-0.4, -0.2) is 70.5 Å². The van der Waals surface area contributed by atoms with Crippen molar-refractivity contribution in [2.75, 3.05) is 25.8 Å². The lowest BCUT2D eigenvalue weighted by atomic mass is 9.57. The van der Waals surface area contributed by atoms with Crippen LogP contribution in [0, 0.1) is 17.8 Å². The van der Waals surface area contributed by atoms with E-state index in [9.17, 15) is 34.8 Å². The van der Waals surface area contributed by atoms with E-state index in [4.69, 9.17) is 15.2 Å². The molecule has 1 saturated carbocycles. The molecule has 2 aromatic carbocycles. The van der Waals surface area contributed by atoms with Crippen LogP contribution in [0.15, 0.2) is 35.6 Å². The van der Waals surface area contributed by atoms with Gasteiger partial charge in [0.15, 0.2) is 28.7 Å². The Kier molecular flexibility index (Phi) is 5.46. The molecule has 0 aromatic heterocycles. The number of ether oxygens (including phenoxy) is 2. The number of phenolic OH excluding ortho intramolecular Hbond substituents is 1. The molecular weight excluding hydrogens is 508 g/mol. The third kappa shape index (κ3) is 3.39. The van der Waals surface area contributed by atoms with Gasteiger partial charge >= 0.3 is 0 Å². The maximum Gasteiger partial charge on any atom is 0.231 e. The Hall–Kier alpha value is -4.09. The van der Waals surface area contributed by atoms with E-state index in [1.807, 2.05) is 19.0 Å². The molecule has 1 fully saturated rings. The summed E-state index contributed by atoms with van der Waals surface area (Å²) in [5.41, 5.74) is 4.71. The highest BCUT2D eigenvalue weighted by molar-refractivity contribution is 6.17. The average Bonchev–Trinajstić information content (AvgIpc) is 3.34. The summed E-state index contributed by atoms with van der Waals surface area (Å²) in [6, 6.07) is 6.90. The fourth-order valence-electron chi connectivity index (χ4n) is 6.66. The van der Waals surface area contributed by atoms with Crippen molar-refractivity contribution in [1.82, 2.24) is 0 Å². The summed E-state index contributed by atoms with van der Waals surface area (Å²) in [6.07, 6.45) is -1.22. The van der Waals surface area contributed by atoms with Crippen LogP contribution in [0.3, 0.4) is 0 Å². The first-order valence-electron chi connectivity index (χ1n) is 12.6. The number of hydrogen-bond acceptors (Lipinski definition) is 10. The topological polar surface area (TPSA) is 180 Å². The number of anilines is 1. The number of benzene rings is 2. The molecule has 0 spiro atoms. The predicted molar refractivity (Wildman–Crippen MR) is 137 cm³/mol. The number of aromatic hydroxyl groups is 1. The van der Waals surface area contributed by atoms with Crippen molar-refractivity contribution in [2.45, 2.75) is 31.0 Å². The largest absolute Gasteiger partial charge is 0.508 e. The first-order valence-corrected chi connectivity index (χ1v) is 12.6. The number of ketones is 2. The molecule has 1 amide bonds. The second-order valence-corrected chi connectivity index (χ2v) is 10.8. The van der Waals surface area contributed by atoms with Crippen LogP contribution in [0.25, 0.3) is 11.1 Å². The first kappa shape index (κ1) is 25.2. The fourth-order valence-corrected chi connectivity index (χ4v) is 6.66. The Morgan fingerprint density at radius 3 is 2.51 bits per heavy atom. The molecule has 6 rings (SSSR count). The van der Waals surface area contributed by atoms with Crippen molar-refractivity contribution in [1.29, 1.82) is 0 Å². The Morgan fingerprint density at radius 1 is 1.10 bits per heavy atom. The van der Waals surface area contributed by atoms with Crippen LogP contribution in [0.1, 0.15) is 28.8 Å². The summed E-state index contributed by atoms with van der Waals surface area (Å²) in [4.78, 5) is 41.0.